The normalized spacial score (nSPS) is 25.7. The van der Waals surface area contributed by atoms with Crippen molar-refractivity contribution in [3.63, 3.8) is 0 Å². The molecule has 2 amide bonds. The van der Waals surface area contributed by atoms with Gasteiger partial charge >= 0.3 is 0 Å². The lowest BCUT2D eigenvalue weighted by Crippen LogP contribution is -2.47. The number of benzene rings is 1. The summed E-state index contributed by atoms with van der Waals surface area (Å²) in [5, 5.41) is 6.24. The van der Waals surface area contributed by atoms with Gasteiger partial charge in [-0.25, -0.2) is 4.39 Å². The van der Waals surface area contributed by atoms with Crippen molar-refractivity contribution in [2.45, 2.75) is 69.5 Å². The van der Waals surface area contributed by atoms with E-state index in [0.717, 1.165) is 44.9 Å². The van der Waals surface area contributed by atoms with E-state index in [4.69, 9.17) is 5.73 Å². The Balaban J connectivity index is 1.31. The van der Waals surface area contributed by atoms with E-state index in [1.165, 1.54) is 18.3 Å². The number of rotatable bonds is 5. The number of halogens is 1. The van der Waals surface area contributed by atoms with Gasteiger partial charge in [0.05, 0.1) is 11.3 Å². The summed E-state index contributed by atoms with van der Waals surface area (Å²) in [6.45, 7) is 0. The zero-order valence-electron chi connectivity index (χ0n) is 18.2. The van der Waals surface area contributed by atoms with Crippen LogP contribution >= 0.6 is 0 Å². The number of carbonyl (C=O) groups is 2. The first-order chi connectivity index (χ1) is 15.5. The van der Waals surface area contributed by atoms with Crippen molar-refractivity contribution in [1.29, 1.82) is 0 Å². The minimum atomic E-state index is -0.326. The minimum Gasteiger partial charge on any atom is -0.353 e. The molecule has 1 aromatic carbocycles. The molecule has 2 aliphatic carbocycles. The molecule has 0 aliphatic heterocycles. The molecule has 4 atom stereocenters. The fourth-order valence-electron chi connectivity index (χ4n) is 4.85. The first-order valence-electron chi connectivity index (χ1n) is 11.6. The molecular weight excluding hydrogens is 407 g/mol. The Bertz CT molecular complexity index is 949. The van der Waals surface area contributed by atoms with Gasteiger partial charge in [0.15, 0.2) is 0 Å². The average Bonchev–Trinajstić information content (AvgIpc) is 2.79. The molecule has 170 valence electrons. The molecule has 7 heteroatoms. The van der Waals surface area contributed by atoms with Crippen molar-refractivity contribution >= 4 is 11.8 Å². The molecule has 0 saturated heterocycles. The van der Waals surface area contributed by atoms with E-state index >= 15 is 0 Å². The maximum Gasteiger partial charge on any atom is 0.253 e. The number of hydrogen-bond donors (Lipinski definition) is 3. The number of nitrogens with two attached hydrogens (primary N) is 1. The van der Waals surface area contributed by atoms with Crippen molar-refractivity contribution in [1.82, 2.24) is 15.6 Å². The Hall–Kier alpha value is -2.80. The fourth-order valence-corrected chi connectivity index (χ4v) is 4.85. The van der Waals surface area contributed by atoms with E-state index < -0.39 is 0 Å². The van der Waals surface area contributed by atoms with Gasteiger partial charge in [0.25, 0.3) is 5.91 Å². The highest BCUT2D eigenvalue weighted by atomic mass is 19.1. The van der Waals surface area contributed by atoms with Crippen molar-refractivity contribution in [2.24, 2.45) is 11.7 Å². The summed E-state index contributed by atoms with van der Waals surface area (Å²) in [7, 11) is 0. The SMILES string of the molecule is NC1CCCC(NC(=O)C2CCCC(NC(=O)c3ccc(-c4cccc(F)c4)nc3)C2)C1. The Kier molecular flexibility index (Phi) is 7.15. The summed E-state index contributed by atoms with van der Waals surface area (Å²) >= 11 is 0. The van der Waals surface area contributed by atoms with Gasteiger partial charge < -0.3 is 16.4 Å². The first-order valence-corrected chi connectivity index (χ1v) is 11.6. The fraction of sp³-hybridized carbons (Fsp3) is 0.480. The highest BCUT2D eigenvalue weighted by molar-refractivity contribution is 5.94. The summed E-state index contributed by atoms with van der Waals surface area (Å²) in [5.74, 6) is -0.522. The van der Waals surface area contributed by atoms with Gasteiger partial charge in [-0.05, 0) is 69.2 Å². The van der Waals surface area contributed by atoms with Crippen LogP contribution in [0.15, 0.2) is 42.6 Å². The zero-order valence-corrected chi connectivity index (χ0v) is 18.2. The van der Waals surface area contributed by atoms with Gasteiger partial charge in [-0.3, -0.25) is 14.6 Å². The Labute approximate surface area is 188 Å². The van der Waals surface area contributed by atoms with Crippen molar-refractivity contribution in [2.75, 3.05) is 0 Å². The smallest absolute Gasteiger partial charge is 0.253 e. The summed E-state index contributed by atoms with van der Waals surface area (Å²) in [4.78, 5) is 29.8. The topological polar surface area (TPSA) is 97.1 Å². The first kappa shape index (κ1) is 22.4. The highest BCUT2D eigenvalue weighted by Crippen LogP contribution is 2.26. The summed E-state index contributed by atoms with van der Waals surface area (Å²) in [6.07, 6.45) is 8.69. The van der Waals surface area contributed by atoms with Crippen LogP contribution in [-0.2, 0) is 4.79 Å². The molecule has 6 nitrogen and oxygen atoms in total. The van der Waals surface area contributed by atoms with E-state index in [1.54, 1.807) is 24.3 Å². The van der Waals surface area contributed by atoms with E-state index in [9.17, 15) is 14.0 Å². The van der Waals surface area contributed by atoms with Crippen LogP contribution in [0.4, 0.5) is 4.39 Å². The molecule has 0 radical (unpaired) electrons. The number of nitrogens with one attached hydrogen (secondary N) is 2. The van der Waals surface area contributed by atoms with Crippen LogP contribution in [0.3, 0.4) is 0 Å². The van der Waals surface area contributed by atoms with E-state index in [0.29, 0.717) is 23.2 Å². The second kappa shape index (κ2) is 10.2. The molecule has 0 bridgehead atoms. The zero-order chi connectivity index (χ0) is 22.5. The molecule has 2 aliphatic rings. The molecule has 4 unspecified atom stereocenters. The number of aromatic nitrogens is 1. The predicted octanol–water partition coefficient (Wildman–Crippen LogP) is 3.56. The molecule has 2 saturated carbocycles. The number of pyridine rings is 1. The molecule has 4 rings (SSSR count). The summed E-state index contributed by atoms with van der Waals surface area (Å²) < 4.78 is 13.4. The number of nitrogens with zero attached hydrogens (tertiary/aromatic N) is 1. The van der Waals surface area contributed by atoms with Crippen molar-refractivity contribution in [3.05, 3.63) is 54.0 Å². The van der Waals surface area contributed by atoms with E-state index in [1.807, 2.05) is 0 Å². The predicted molar refractivity (Wildman–Crippen MR) is 121 cm³/mol. The monoisotopic (exact) mass is 438 g/mol. The standard InChI is InChI=1S/C25H31FN4O2/c26-19-6-1-4-16(12-19)23-11-10-18(15-28-23)25(32)29-21-8-2-5-17(13-21)24(31)30-22-9-3-7-20(27)14-22/h1,4,6,10-12,15,17,20-22H,2-3,5,7-9,13-14,27H2,(H,29,32)(H,30,31). The third-order valence-corrected chi connectivity index (χ3v) is 6.59. The molecule has 0 spiro atoms. The van der Waals surface area contributed by atoms with E-state index in [-0.39, 0.29) is 41.7 Å². The third kappa shape index (κ3) is 5.71. The van der Waals surface area contributed by atoms with Crippen LogP contribution in [0.2, 0.25) is 0 Å². The summed E-state index contributed by atoms with van der Waals surface area (Å²) in [6, 6.07) is 9.92. The third-order valence-electron chi connectivity index (χ3n) is 6.59. The van der Waals surface area contributed by atoms with Crippen LogP contribution < -0.4 is 16.4 Å². The average molecular weight is 439 g/mol. The maximum atomic E-state index is 13.4. The Morgan fingerprint density at radius 3 is 2.47 bits per heavy atom. The lowest BCUT2D eigenvalue weighted by Gasteiger charge is -2.32. The minimum absolute atomic E-state index is 0.0384. The molecule has 32 heavy (non-hydrogen) atoms. The number of amides is 2. The second-order valence-electron chi connectivity index (χ2n) is 9.11. The lowest BCUT2D eigenvalue weighted by molar-refractivity contribution is -0.127. The van der Waals surface area contributed by atoms with Gasteiger partial charge in [0, 0.05) is 35.8 Å². The van der Waals surface area contributed by atoms with Gasteiger partial charge in [0.1, 0.15) is 5.82 Å². The largest absolute Gasteiger partial charge is 0.353 e. The van der Waals surface area contributed by atoms with Crippen LogP contribution in [0.1, 0.15) is 61.7 Å². The molecule has 4 N–H and O–H groups in total. The van der Waals surface area contributed by atoms with Gasteiger partial charge in [0.2, 0.25) is 5.91 Å². The second-order valence-corrected chi connectivity index (χ2v) is 9.11. The Morgan fingerprint density at radius 2 is 1.75 bits per heavy atom. The molecule has 1 heterocycles. The van der Waals surface area contributed by atoms with Crippen molar-refractivity contribution < 1.29 is 14.0 Å². The molecule has 2 aromatic rings. The summed E-state index contributed by atoms with van der Waals surface area (Å²) in [5.41, 5.74) is 7.76. The molecular formula is C25H31FN4O2. The maximum absolute atomic E-state index is 13.4. The Morgan fingerprint density at radius 1 is 0.969 bits per heavy atom. The van der Waals surface area contributed by atoms with Crippen LogP contribution in [-0.4, -0.2) is 34.9 Å². The molecule has 2 fully saturated rings. The van der Waals surface area contributed by atoms with Gasteiger partial charge in [-0.2, -0.15) is 0 Å². The lowest BCUT2D eigenvalue weighted by atomic mass is 9.84. The number of carbonyl (C=O) groups excluding carboxylic acids is 2. The quantitative estimate of drug-likeness (QED) is 0.665. The van der Waals surface area contributed by atoms with Crippen LogP contribution in [0.5, 0.6) is 0 Å². The van der Waals surface area contributed by atoms with E-state index in [2.05, 4.69) is 15.6 Å². The van der Waals surface area contributed by atoms with Crippen molar-refractivity contribution in [3.8, 4) is 11.3 Å². The molecule has 1 aromatic heterocycles. The van der Waals surface area contributed by atoms with Crippen LogP contribution in [0.25, 0.3) is 11.3 Å². The highest BCUT2D eigenvalue weighted by Gasteiger charge is 2.30. The van der Waals surface area contributed by atoms with Crippen LogP contribution in [0, 0.1) is 11.7 Å². The number of hydrogen-bond acceptors (Lipinski definition) is 4. The van der Waals surface area contributed by atoms with Gasteiger partial charge in [-0.1, -0.05) is 18.6 Å². The van der Waals surface area contributed by atoms with Gasteiger partial charge in [-0.15, -0.1) is 0 Å².